The van der Waals surface area contributed by atoms with Crippen molar-refractivity contribution in [2.45, 2.75) is 5.59 Å². The molecule has 0 amide bonds. The van der Waals surface area contributed by atoms with Gasteiger partial charge in [-0.3, -0.25) is 0 Å². The van der Waals surface area contributed by atoms with Crippen molar-refractivity contribution in [3.63, 3.8) is 0 Å². The molecular weight excluding hydrogens is 423 g/mol. The van der Waals surface area contributed by atoms with Crippen molar-refractivity contribution in [1.82, 2.24) is 0 Å². The normalized spacial score (nSPS) is 11.8. The largest absolute Gasteiger partial charge is 2.00 e. The van der Waals surface area contributed by atoms with Crippen molar-refractivity contribution in [3.8, 4) is 0 Å². The molecule has 4 radical (unpaired) electrons. The first-order valence-electron chi connectivity index (χ1n) is 1.87. The quantitative estimate of drug-likeness (QED) is 0.346. The van der Waals surface area contributed by atoms with Gasteiger partial charge in [0, 0.05) is 0 Å². The van der Waals surface area contributed by atoms with Crippen LogP contribution in [-0.4, -0.2) is 58.5 Å². The summed E-state index contributed by atoms with van der Waals surface area (Å²) in [5.74, 6) is 0. The summed E-state index contributed by atoms with van der Waals surface area (Å²) in [6.45, 7) is 0. The zero-order valence-corrected chi connectivity index (χ0v) is 12.9. The summed E-state index contributed by atoms with van der Waals surface area (Å²) in [7, 11) is -11.4. The van der Waals surface area contributed by atoms with Crippen molar-refractivity contribution < 1.29 is 33.8 Å². The van der Waals surface area contributed by atoms with Crippen molar-refractivity contribution in [2.75, 3.05) is 0 Å². The van der Waals surface area contributed by atoms with E-state index in [2.05, 4.69) is 0 Å². The maximum atomic E-state index is 9.63. The molecule has 0 saturated heterocycles. The van der Waals surface area contributed by atoms with Gasteiger partial charge >= 0.3 is 47.8 Å². The Morgan fingerprint density at radius 1 is 0.917 bits per heavy atom. The van der Waals surface area contributed by atoms with E-state index in [1.54, 1.807) is 0 Å². The third-order valence-electron chi connectivity index (χ3n) is 0.566. The van der Waals surface area contributed by atoms with E-state index in [0.29, 0.717) is 0 Å². The van der Waals surface area contributed by atoms with Gasteiger partial charge in [-0.2, -0.15) is 0 Å². The van der Waals surface area contributed by atoms with Crippen molar-refractivity contribution >= 4 is 63.0 Å². The van der Waals surface area contributed by atoms with Gasteiger partial charge in [-0.05, 0) is 15.2 Å². The number of hydrogen-bond donors (Lipinski definition) is 1. The average molecular weight is 425 g/mol. The second-order valence-electron chi connectivity index (χ2n) is 1.43. The maximum Gasteiger partial charge on any atom is 2.00 e. The molecule has 7 nitrogen and oxygen atoms in total. The predicted molar refractivity (Wildman–Crippen MR) is 32.7 cm³/mol. The molecule has 0 heterocycles. The Bertz CT molecular complexity index is 181. The summed E-state index contributed by atoms with van der Waals surface area (Å²) >= 11 is 0. The molecule has 0 saturated carbocycles. The molecule has 0 bridgehead atoms. The van der Waals surface area contributed by atoms with Crippen molar-refractivity contribution in [3.05, 3.63) is 0 Å². The molecule has 0 aliphatic heterocycles. The molecule has 1 N–H and O–H groups in total. The summed E-state index contributed by atoms with van der Waals surface area (Å²) in [5, 5.41) is 7.95. The summed E-state index contributed by atoms with van der Waals surface area (Å²) in [5.41, 5.74) is -3.35. The van der Waals surface area contributed by atoms with Crippen LogP contribution in [0.4, 0.5) is 0 Å². The minimum absolute atomic E-state index is 0. The Kier molecular flexibility index (Phi) is 10.3. The van der Waals surface area contributed by atoms with Crippen LogP contribution in [0.5, 0.6) is 0 Å². The Morgan fingerprint density at radius 2 is 1.08 bits per heavy atom. The first-order valence-corrected chi connectivity index (χ1v) is 5.09. The second kappa shape index (κ2) is 6.36. The molecule has 0 aromatic heterocycles. The van der Waals surface area contributed by atoms with E-state index in [4.69, 9.17) is 5.11 Å². The second-order valence-corrected chi connectivity index (χ2v) is 4.97. The molecule has 0 fully saturated rings. The summed E-state index contributed by atoms with van der Waals surface area (Å²) in [6, 6.07) is 0. The van der Waals surface area contributed by atoms with Gasteiger partial charge in [-0.15, -0.1) is 0 Å². The van der Waals surface area contributed by atoms with Crippen LogP contribution in [0.2, 0.25) is 0 Å². The Hall–Kier alpha value is 1.86. The fourth-order valence-corrected chi connectivity index (χ4v) is 1.56. The Morgan fingerprint density at radius 3 is 1.08 bits per heavy atom. The van der Waals surface area contributed by atoms with Crippen LogP contribution in [0.1, 0.15) is 0 Å². The van der Waals surface area contributed by atoms with Gasteiger partial charge in [0.15, 0.2) is 0 Å². The summed E-state index contributed by atoms with van der Waals surface area (Å²) < 4.78 is 19.3. The first kappa shape index (κ1) is 19.4. The van der Waals surface area contributed by atoms with E-state index >= 15 is 0 Å². The maximum absolute atomic E-state index is 9.63. The molecule has 0 unspecified atom stereocenters. The Labute approximate surface area is 102 Å². The average Bonchev–Trinajstić information content (AvgIpc) is 1.59. The zero-order chi connectivity index (χ0) is 8.58. The summed E-state index contributed by atoms with van der Waals surface area (Å²) in [4.78, 5) is 38.5. The molecule has 0 aromatic carbocycles. The molecule has 0 aromatic rings. The monoisotopic (exact) mass is 428 g/mol. The van der Waals surface area contributed by atoms with Crippen LogP contribution in [0.15, 0.2) is 0 Å². The fourth-order valence-electron chi connectivity index (χ4n) is 0.173. The smallest absolute Gasteiger partial charge is 0.809 e. The molecular formula is CH2O7P2Sn2. The molecule has 0 rings (SSSR count). The van der Waals surface area contributed by atoms with E-state index in [-0.39, 0.29) is 47.8 Å². The molecule has 66 valence electrons. The number of aliphatic hydroxyl groups excluding tert-OH is 1. The molecule has 12 heavy (non-hydrogen) atoms. The minimum Gasteiger partial charge on any atom is -0.809 e. The van der Waals surface area contributed by atoms with Gasteiger partial charge in [0.2, 0.25) is 0 Å². The van der Waals surface area contributed by atoms with E-state index in [1.165, 1.54) is 0 Å². The molecule has 0 atom stereocenters. The SMILES string of the molecule is O=P([O-])([O-])C(O)P(=O)([O-])[O-].[Sn+2].[Sn+2]. The topological polar surface area (TPSA) is 147 Å². The standard InChI is InChI=1S/CH6O7P2.2Sn/c2-1(9(3,4)5)10(6,7)8;;/h1-2H,(H2,3,4,5)(H2,6,7,8);;/q;2*+2/p-4. The van der Waals surface area contributed by atoms with Crippen molar-refractivity contribution in [2.24, 2.45) is 0 Å². The van der Waals surface area contributed by atoms with Crippen LogP contribution in [0.25, 0.3) is 0 Å². The number of aliphatic hydroxyl groups is 1. The van der Waals surface area contributed by atoms with E-state index in [0.717, 1.165) is 0 Å². The van der Waals surface area contributed by atoms with Gasteiger partial charge < -0.3 is 33.8 Å². The first-order chi connectivity index (χ1) is 4.15. The van der Waals surface area contributed by atoms with E-state index < -0.39 is 20.8 Å². The molecule has 11 heteroatoms. The molecule has 0 aliphatic rings. The van der Waals surface area contributed by atoms with Crippen LogP contribution in [0, 0.1) is 0 Å². The van der Waals surface area contributed by atoms with E-state index in [9.17, 15) is 28.7 Å². The third-order valence-corrected chi connectivity index (χ3v) is 3.39. The van der Waals surface area contributed by atoms with Crippen molar-refractivity contribution in [1.29, 1.82) is 0 Å². The van der Waals surface area contributed by atoms with Gasteiger partial charge in [-0.1, -0.05) is 0 Å². The number of hydrogen-bond acceptors (Lipinski definition) is 7. The van der Waals surface area contributed by atoms with Gasteiger partial charge in [0.1, 0.15) is 5.59 Å². The molecule has 0 aliphatic carbocycles. The molecule has 0 spiro atoms. The number of rotatable bonds is 2. The van der Waals surface area contributed by atoms with Crippen LogP contribution in [-0.2, 0) is 9.13 Å². The fraction of sp³-hybridized carbons (Fsp3) is 1.00. The van der Waals surface area contributed by atoms with Crippen LogP contribution in [0.3, 0.4) is 0 Å². The zero-order valence-electron chi connectivity index (χ0n) is 5.37. The van der Waals surface area contributed by atoms with E-state index in [1.807, 2.05) is 0 Å². The van der Waals surface area contributed by atoms with Gasteiger partial charge in [0.05, 0.1) is 0 Å². The predicted octanol–water partition coefficient (Wildman–Crippen LogP) is -4.67. The van der Waals surface area contributed by atoms with Gasteiger partial charge in [-0.25, -0.2) is 0 Å². The minimum atomic E-state index is -5.71. The summed E-state index contributed by atoms with van der Waals surface area (Å²) in [6.07, 6.45) is 0. The van der Waals surface area contributed by atoms with Gasteiger partial charge in [0.25, 0.3) is 0 Å². The van der Waals surface area contributed by atoms with Crippen LogP contribution >= 0.6 is 15.2 Å². The Balaban J connectivity index is -0.000000405. The van der Waals surface area contributed by atoms with Crippen LogP contribution < -0.4 is 19.6 Å². The third kappa shape index (κ3) is 7.28.